The van der Waals surface area contributed by atoms with Crippen LogP contribution < -0.4 is 0 Å². The van der Waals surface area contributed by atoms with E-state index in [-0.39, 0.29) is 18.4 Å². The Morgan fingerprint density at radius 1 is 1.00 bits per heavy atom. The fraction of sp³-hybridized carbons (Fsp3) is 0.348. The van der Waals surface area contributed by atoms with Crippen molar-refractivity contribution < 1.29 is 9.59 Å². The molecule has 0 saturated carbocycles. The topological polar surface area (TPSA) is 56.8 Å². The van der Waals surface area contributed by atoms with E-state index in [0.717, 1.165) is 48.4 Å². The lowest BCUT2D eigenvalue weighted by Gasteiger charge is -2.34. The van der Waals surface area contributed by atoms with Crippen LogP contribution in [-0.2, 0) is 16.1 Å². The molecule has 6 nitrogen and oxygen atoms in total. The summed E-state index contributed by atoms with van der Waals surface area (Å²) in [6.07, 6.45) is 3.39. The van der Waals surface area contributed by atoms with Crippen molar-refractivity contribution in [2.45, 2.75) is 20.4 Å². The van der Waals surface area contributed by atoms with E-state index in [0.29, 0.717) is 11.3 Å². The highest BCUT2D eigenvalue weighted by Crippen LogP contribution is 2.34. The third-order valence-electron chi connectivity index (χ3n) is 5.68. The highest BCUT2D eigenvalue weighted by Gasteiger charge is 2.42. The molecule has 0 radical (unpaired) electrons. The summed E-state index contributed by atoms with van der Waals surface area (Å²) in [6, 6.07) is 9.73. The number of aryl methyl sites for hydroxylation is 2. The summed E-state index contributed by atoms with van der Waals surface area (Å²) in [5.74, 6) is -0.432. The molecule has 1 aromatic heterocycles. The number of imide groups is 1. The van der Waals surface area contributed by atoms with Gasteiger partial charge in [0.25, 0.3) is 11.8 Å². The summed E-state index contributed by atoms with van der Waals surface area (Å²) < 4.78 is 0. The van der Waals surface area contributed by atoms with Gasteiger partial charge in [-0.05, 0) is 43.7 Å². The van der Waals surface area contributed by atoms with Gasteiger partial charge in [-0.3, -0.25) is 19.5 Å². The number of likely N-dealkylation sites (N-methyl/N-ethyl adjacent to an activating group) is 1. The highest BCUT2D eigenvalue weighted by molar-refractivity contribution is 6.35. The maximum atomic E-state index is 13.5. The molecule has 1 aromatic carbocycles. The molecule has 0 unspecified atom stereocenters. The van der Waals surface area contributed by atoms with E-state index >= 15 is 0 Å². The van der Waals surface area contributed by atoms with Gasteiger partial charge in [0.2, 0.25) is 0 Å². The van der Waals surface area contributed by atoms with Gasteiger partial charge in [0.05, 0.1) is 12.1 Å². The lowest BCUT2D eigenvalue weighted by atomic mass is 9.97. The Labute approximate surface area is 171 Å². The smallest absolute Gasteiger partial charge is 0.278 e. The fourth-order valence-corrected chi connectivity index (χ4v) is 4.04. The number of nitrogens with zero attached hydrogens (tertiary/aromatic N) is 4. The summed E-state index contributed by atoms with van der Waals surface area (Å²) in [5.41, 5.74) is 4.90. The van der Waals surface area contributed by atoms with Crippen molar-refractivity contribution in [3.8, 4) is 0 Å². The van der Waals surface area contributed by atoms with Crippen LogP contribution in [0.5, 0.6) is 0 Å². The van der Waals surface area contributed by atoms with Gasteiger partial charge in [-0.15, -0.1) is 0 Å². The number of carbonyl (C=O) groups is 2. The van der Waals surface area contributed by atoms with Crippen LogP contribution in [0.1, 0.15) is 22.3 Å². The Morgan fingerprint density at radius 2 is 1.76 bits per heavy atom. The molecule has 29 heavy (non-hydrogen) atoms. The highest BCUT2D eigenvalue weighted by atomic mass is 16.2. The average molecular weight is 390 g/mol. The van der Waals surface area contributed by atoms with E-state index in [1.165, 1.54) is 4.90 Å². The van der Waals surface area contributed by atoms with Crippen molar-refractivity contribution in [3.05, 3.63) is 70.7 Å². The molecule has 2 aliphatic heterocycles. The molecule has 1 saturated heterocycles. The van der Waals surface area contributed by atoms with Crippen molar-refractivity contribution in [2.24, 2.45) is 0 Å². The number of hydrogen-bond acceptors (Lipinski definition) is 5. The quantitative estimate of drug-likeness (QED) is 0.750. The van der Waals surface area contributed by atoms with Gasteiger partial charge in [0.15, 0.2) is 0 Å². The van der Waals surface area contributed by atoms with Crippen LogP contribution in [0, 0.1) is 13.8 Å². The summed E-state index contributed by atoms with van der Waals surface area (Å²) in [6.45, 7) is 7.47. The van der Waals surface area contributed by atoms with Crippen LogP contribution in [-0.4, -0.2) is 64.7 Å². The molecule has 2 amide bonds. The molecule has 1 fully saturated rings. The van der Waals surface area contributed by atoms with Crippen LogP contribution in [0.3, 0.4) is 0 Å². The Bertz CT molecular complexity index is 976. The molecule has 0 bridgehead atoms. The van der Waals surface area contributed by atoms with E-state index in [1.54, 1.807) is 12.4 Å². The molecule has 6 heteroatoms. The molecule has 0 atom stereocenters. The number of amides is 2. The van der Waals surface area contributed by atoms with E-state index in [9.17, 15) is 9.59 Å². The van der Waals surface area contributed by atoms with Crippen LogP contribution in [0.4, 0.5) is 0 Å². The zero-order valence-electron chi connectivity index (χ0n) is 17.2. The molecule has 3 heterocycles. The summed E-state index contributed by atoms with van der Waals surface area (Å²) in [7, 11) is 2.08. The number of benzene rings is 1. The first-order chi connectivity index (χ1) is 14.0. The SMILES string of the molecule is Cc1ccc(C2=C(N3CCN(C)CC3)C(=O)N(Cc3cccnc3)C2=O)c(C)c1. The Hall–Kier alpha value is -2.99. The first-order valence-electron chi connectivity index (χ1n) is 9.96. The summed E-state index contributed by atoms with van der Waals surface area (Å²) in [4.78, 5) is 36.7. The lowest BCUT2D eigenvalue weighted by molar-refractivity contribution is -0.138. The molecular formula is C23H26N4O2. The minimum absolute atomic E-state index is 0.210. The fourth-order valence-electron chi connectivity index (χ4n) is 4.04. The molecule has 150 valence electrons. The van der Waals surface area contributed by atoms with E-state index in [4.69, 9.17) is 0 Å². The number of rotatable bonds is 4. The first-order valence-corrected chi connectivity index (χ1v) is 9.96. The number of hydrogen-bond donors (Lipinski definition) is 0. The zero-order valence-corrected chi connectivity index (χ0v) is 17.2. The number of piperazine rings is 1. The molecule has 2 aromatic rings. The van der Waals surface area contributed by atoms with Crippen LogP contribution >= 0.6 is 0 Å². The average Bonchev–Trinajstić information content (AvgIpc) is 2.94. The van der Waals surface area contributed by atoms with Gasteiger partial charge in [0.1, 0.15) is 5.70 Å². The largest absolute Gasteiger partial charge is 0.364 e. The number of aromatic nitrogens is 1. The normalized spacial score (nSPS) is 18.2. The predicted octanol–water partition coefficient (Wildman–Crippen LogP) is 2.23. The van der Waals surface area contributed by atoms with Crippen molar-refractivity contribution in [2.75, 3.05) is 33.2 Å². The molecule has 0 N–H and O–H groups in total. The van der Waals surface area contributed by atoms with Crippen molar-refractivity contribution in [1.82, 2.24) is 19.7 Å². The van der Waals surface area contributed by atoms with Gasteiger partial charge in [-0.2, -0.15) is 0 Å². The van der Waals surface area contributed by atoms with Crippen LogP contribution in [0.25, 0.3) is 5.57 Å². The van der Waals surface area contributed by atoms with Gasteiger partial charge in [-0.1, -0.05) is 29.8 Å². The zero-order chi connectivity index (χ0) is 20.5. The van der Waals surface area contributed by atoms with Crippen molar-refractivity contribution in [3.63, 3.8) is 0 Å². The molecule has 2 aliphatic rings. The first kappa shape index (κ1) is 19.3. The lowest BCUT2D eigenvalue weighted by Crippen LogP contribution is -2.46. The summed E-state index contributed by atoms with van der Waals surface area (Å²) >= 11 is 0. The van der Waals surface area contributed by atoms with Crippen molar-refractivity contribution >= 4 is 17.4 Å². The minimum Gasteiger partial charge on any atom is -0.364 e. The number of carbonyl (C=O) groups excluding carboxylic acids is 2. The van der Waals surface area contributed by atoms with Crippen molar-refractivity contribution in [1.29, 1.82) is 0 Å². The van der Waals surface area contributed by atoms with E-state index < -0.39 is 0 Å². The second-order valence-corrected chi connectivity index (χ2v) is 7.89. The summed E-state index contributed by atoms with van der Waals surface area (Å²) in [5, 5.41) is 0. The Morgan fingerprint density at radius 3 is 2.41 bits per heavy atom. The maximum absolute atomic E-state index is 13.5. The molecular weight excluding hydrogens is 364 g/mol. The molecule has 0 spiro atoms. The van der Waals surface area contributed by atoms with E-state index in [1.807, 2.05) is 38.1 Å². The molecule has 4 rings (SSSR count). The van der Waals surface area contributed by atoms with Crippen LogP contribution in [0.2, 0.25) is 0 Å². The second-order valence-electron chi connectivity index (χ2n) is 7.89. The minimum atomic E-state index is -0.222. The Kier molecular flexibility index (Phi) is 5.20. The third kappa shape index (κ3) is 3.68. The predicted molar refractivity (Wildman–Crippen MR) is 112 cm³/mol. The van der Waals surface area contributed by atoms with Crippen LogP contribution in [0.15, 0.2) is 48.4 Å². The van der Waals surface area contributed by atoms with E-state index in [2.05, 4.69) is 27.9 Å². The van der Waals surface area contributed by atoms with Gasteiger partial charge in [0, 0.05) is 38.6 Å². The van der Waals surface area contributed by atoms with Gasteiger partial charge < -0.3 is 9.80 Å². The third-order valence-corrected chi connectivity index (χ3v) is 5.68. The maximum Gasteiger partial charge on any atom is 0.278 e. The standard InChI is InChI=1S/C23H26N4O2/c1-16-6-7-19(17(2)13-16)20-21(26-11-9-25(3)10-12-26)23(29)27(22(20)28)15-18-5-4-8-24-14-18/h4-8,13-14H,9-12,15H2,1-3H3. The van der Waals surface area contributed by atoms with Gasteiger partial charge >= 0.3 is 0 Å². The Balaban J connectivity index is 1.76. The van der Waals surface area contributed by atoms with Gasteiger partial charge in [-0.25, -0.2) is 0 Å². The molecule has 0 aliphatic carbocycles. The monoisotopic (exact) mass is 390 g/mol. The number of pyridine rings is 1. The second kappa shape index (κ2) is 7.79.